The molecule has 0 bridgehead atoms. The van der Waals surface area contributed by atoms with Crippen molar-refractivity contribution in [2.45, 2.75) is 51.1 Å². The molecule has 7 heteroatoms. The van der Waals surface area contributed by atoms with Crippen LogP contribution >= 0.6 is 0 Å². The van der Waals surface area contributed by atoms with Gasteiger partial charge in [-0.1, -0.05) is 23.4 Å². The number of aromatic nitrogens is 2. The lowest BCUT2D eigenvalue weighted by Crippen LogP contribution is -2.50. The summed E-state index contributed by atoms with van der Waals surface area (Å²) in [5, 5.41) is 4.34. The zero-order chi connectivity index (χ0) is 21.4. The molecule has 5 rings (SSSR count). The fourth-order valence-electron chi connectivity index (χ4n) is 5.90. The summed E-state index contributed by atoms with van der Waals surface area (Å²) in [7, 11) is 2.20. The van der Waals surface area contributed by atoms with Crippen LogP contribution in [0.3, 0.4) is 0 Å². The van der Waals surface area contributed by atoms with Gasteiger partial charge in [-0.25, -0.2) is 0 Å². The van der Waals surface area contributed by atoms with Gasteiger partial charge in [0.05, 0.1) is 6.04 Å². The Balaban J connectivity index is 1.20. The van der Waals surface area contributed by atoms with Crippen molar-refractivity contribution >= 4 is 5.91 Å². The van der Waals surface area contributed by atoms with Gasteiger partial charge in [0.2, 0.25) is 5.91 Å². The third-order valence-corrected chi connectivity index (χ3v) is 7.79. The van der Waals surface area contributed by atoms with Crippen molar-refractivity contribution in [3.63, 3.8) is 0 Å². The molecule has 4 heterocycles. The Morgan fingerprint density at radius 1 is 1.10 bits per heavy atom. The summed E-state index contributed by atoms with van der Waals surface area (Å²) in [6.45, 7) is 6.93. The Morgan fingerprint density at radius 2 is 1.81 bits per heavy atom. The second kappa shape index (κ2) is 8.36. The van der Waals surface area contributed by atoms with Gasteiger partial charge in [0.15, 0.2) is 5.82 Å². The second-order valence-corrected chi connectivity index (χ2v) is 9.73. The minimum atomic E-state index is 0.216. The van der Waals surface area contributed by atoms with Crippen molar-refractivity contribution in [3.8, 4) is 11.5 Å². The van der Waals surface area contributed by atoms with Crippen LogP contribution in [0.2, 0.25) is 0 Å². The molecule has 3 aliphatic rings. The molecule has 166 valence electrons. The van der Waals surface area contributed by atoms with Crippen LogP contribution in [0.1, 0.15) is 50.9 Å². The van der Waals surface area contributed by atoms with Crippen LogP contribution in [0, 0.1) is 5.41 Å². The zero-order valence-electron chi connectivity index (χ0n) is 18.7. The average Bonchev–Trinajstić information content (AvgIpc) is 3.40. The van der Waals surface area contributed by atoms with E-state index in [2.05, 4.69) is 22.0 Å². The van der Waals surface area contributed by atoms with E-state index in [1.165, 1.54) is 12.8 Å². The molecule has 1 spiro atoms. The molecule has 1 aromatic carbocycles. The summed E-state index contributed by atoms with van der Waals surface area (Å²) in [6, 6.07) is 10.9. The maximum absolute atomic E-state index is 11.6. The first-order valence-corrected chi connectivity index (χ1v) is 11.6. The largest absolute Gasteiger partial charge is 0.343 e. The Morgan fingerprint density at radius 3 is 2.48 bits per heavy atom. The number of carbonyl (C=O) groups is 1. The third kappa shape index (κ3) is 4.13. The van der Waals surface area contributed by atoms with Gasteiger partial charge in [-0.2, -0.15) is 4.98 Å². The maximum Gasteiger partial charge on any atom is 0.257 e. The van der Waals surface area contributed by atoms with Crippen molar-refractivity contribution in [1.29, 1.82) is 0 Å². The number of likely N-dealkylation sites (tertiary alicyclic amines) is 3. The van der Waals surface area contributed by atoms with Crippen LogP contribution < -0.4 is 0 Å². The number of nitrogens with zero attached hydrogens (tertiary/aromatic N) is 5. The summed E-state index contributed by atoms with van der Waals surface area (Å²) in [5.41, 5.74) is 1.32. The highest BCUT2D eigenvalue weighted by Gasteiger charge is 2.46. The van der Waals surface area contributed by atoms with E-state index in [1.807, 2.05) is 35.2 Å². The Hall–Kier alpha value is -2.25. The van der Waals surface area contributed by atoms with E-state index in [0.717, 1.165) is 63.4 Å². The fourth-order valence-corrected chi connectivity index (χ4v) is 5.90. The van der Waals surface area contributed by atoms with E-state index in [4.69, 9.17) is 9.51 Å². The van der Waals surface area contributed by atoms with Gasteiger partial charge in [-0.3, -0.25) is 9.69 Å². The van der Waals surface area contributed by atoms with E-state index in [1.54, 1.807) is 6.92 Å². The number of benzene rings is 1. The number of amides is 1. The molecule has 3 fully saturated rings. The highest BCUT2D eigenvalue weighted by Crippen LogP contribution is 2.48. The van der Waals surface area contributed by atoms with Gasteiger partial charge in [0.25, 0.3) is 5.89 Å². The summed E-state index contributed by atoms with van der Waals surface area (Å²) >= 11 is 0. The van der Waals surface area contributed by atoms with Gasteiger partial charge >= 0.3 is 0 Å². The number of piperidine rings is 2. The van der Waals surface area contributed by atoms with E-state index >= 15 is 0 Å². The summed E-state index contributed by atoms with van der Waals surface area (Å²) in [5.74, 6) is 1.64. The van der Waals surface area contributed by atoms with Gasteiger partial charge < -0.3 is 14.3 Å². The highest BCUT2D eigenvalue weighted by molar-refractivity contribution is 5.73. The van der Waals surface area contributed by atoms with Gasteiger partial charge in [-0.15, -0.1) is 0 Å². The quantitative estimate of drug-likeness (QED) is 0.755. The third-order valence-electron chi connectivity index (χ3n) is 7.79. The first kappa shape index (κ1) is 20.6. The van der Waals surface area contributed by atoms with Crippen LogP contribution in [0.4, 0.5) is 0 Å². The molecule has 0 aliphatic carbocycles. The lowest BCUT2D eigenvalue weighted by Gasteiger charge is -2.45. The van der Waals surface area contributed by atoms with Crippen LogP contribution in [-0.2, 0) is 4.79 Å². The number of hydrogen-bond donors (Lipinski definition) is 0. The van der Waals surface area contributed by atoms with Crippen LogP contribution in [0.25, 0.3) is 11.5 Å². The number of hydrogen-bond acceptors (Lipinski definition) is 6. The number of rotatable bonds is 3. The van der Waals surface area contributed by atoms with Crippen molar-refractivity contribution in [3.05, 3.63) is 36.2 Å². The van der Waals surface area contributed by atoms with Gasteiger partial charge in [0, 0.05) is 38.2 Å². The molecule has 3 saturated heterocycles. The molecular weight excluding hydrogens is 390 g/mol. The average molecular weight is 424 g/mol. The van der Waals surface area contributed by atoms with E-state index in [-0.39, 0.29) is 11.9 Å². The SMILES string of the molecule is CC(=O)N1CCC(N2CCC3(CC2)CC(c2noc(-c4ccccc4)n2)N(C)C3)CC1. The predicted octanol–water partition coefficient (Wildman–Crippen LogP) is 3.21. The predicted molar refractivity (Wildman–Crippen MR) is 118 cm³/mol. The van der Waals surface area contributed by atoms with E-state index in [9.17, 15) is 4.79 Å². The minimum absolute atomic E-state index is 0.216. The Bertz CT molecular complexity index is 898. The van der Waals surface area contributed by atoms with Crippen LogP contribution in [0.5, 0.6) is 0 Å². The smallest absolute Gasteiger partial charge is 0.257 e. The second-order valence-electron chi connectivity index (χ2n) is 9.73. The lowest BCUT2D eigenvalue weighted by atomic mass is 9.76. The molecule has 31 heavy (non-hydrogen) atoms. The van der Waals surface area contributed by atoms with Crippen LogP contribution in [-0.4, -0.2) is 76.6 Å². The zero-order valence-corrected chi connectivity index (χ0v) is 18.7. The standard InChI is InChI=1S/C24H33N5O2/c1-18(30)28-12-8-20(9-13-28)29-14-10-24(11-15-29)16-21(27(2)17-24)22-25-23(31-26-22)19-6-4-3-5-7-19/h3-7,20-21H,8-17H2,1-2H3. The maximum atomic E-state index is 11.6. The normalized spacial score (nSPS) is 25.4. The molecule has 1 aromatic heterocycles. The topological polar surface area (TPSA) is 65.7 Å². The molecule has 7 nitrogen and oxygen atoms in total. The van der Waals surface area contributed by atoms with E-state index in [0.29, 0.717) is 17.3 Å². The van der Waals surface area contributed by atoms with Gasteiger partial charge in [0.1, 0.15) is 0 Å². The highest BCUT2D eigenvalue weighted by atomic mass is 16.5. The Labute approximate surface area is 184 Å². The molecule has 3 aliphatic heterocycles. The molecule has 1 atom stereocenters. The molecule has 1 unspecified atom stereocenters. The van der Waals surface area contributed by atoms with Gasteiger partial charge in [-0.05, 0) is 69.8 Å². The minimum Gasteiger partial charge on any atom is -0.343 e. The molecule has 0 radical (unpaired) electrons. The molecular formula is C24H33N5O2. The monoisotopic (exact) mass is 423 g/mol. The van der Waals surface area contributed by atoms with Crippen LogP contribution in [0.15, 0.2) is 34.9 Å². The summed E-state index contributed by atoms with van der Waals surface area (Å²) in [6.07, 6.45) is 5.78. The molecule has 1 amide bonds. The summed E-state index contributed by atoms with van der Waals surface area (Å²) < 4.78 is 5.59. The van der Waals surface area contributed by atoms with Crippen molar-refractivity contribution in [2.75, 3.05) is 39.8 Å². The first-order chi connectivity index (χ1) is 15.0. The Kier molecular flexibility index (Phi) is 5.56. The number of carbonyl (C=O) groups excluding carboxylic acids is 1. The van der Waals surface area contributed by atoms with Crippen molar-refractivity contribution in [2.24, 2.45) is 5.41 Å². The molecule has 0 N–H and O–H groups in total. The lowest BCUT2D eigenvalue weighted by molar-refractivity contribution is -0.130. The molecule has 2 aromatic rings. The molecule has 0 saturated carbocycles. The van der Waals surface area contributed by atoms with Crippen molar-refractivity contribution < 1.29 is 9.32 Å². The van der Waals surface area contributed by atoms with E-state index < -0.39 is 0 Å². The first-order valence-electron chi connectivity index (χ1n) is 11.6. The summed E-state index contributed by atoms with van der Waals surface area (Å²) in [4.78, 5) is 23.4. The fraction of sp³-hybridized carbons (Fsp3) is 0.625. The van der Waals surface area contributed by atoms with Crippen molar-refractivity contribution in [1.82, 2.24) is 24.8 Å².